The van der Waals surface area contributed by atoms with Gasteiger partial charge in [-0.05, 0) is 25.0 Å². The highest BCUT2D eigenvalue weighted by molar-refractivity contribution is 5.76. The molecule has 0 spiro atoms. The Labute approximate surface area is 95.7 Å². The lowest BCUT2D eigenvalue weighted by Gasteiger charge is -2.21. The van der Waals surface area contributed by atoms with Crippen LogP contribution in [0.15, 0.2) is 22.8 Å². The molecule has 1 unspecified atom stereocenters. The molecule has 1 atom stereocenters. The van der Waals surface area contributed by atoms with Crippen LogP contribution in [-0.4, -0.2) is 17.6 Å². The van der Waals surface area contributed by atoms with E-state index < -0.39 is 5.60 Å². The lowest BCUT2D eigenvalue weighted by Crippen LogP contribution is -2.38. The summed E-state index contributed by atoms with van der Waals surface area (Å²) in [5.74, 6) is 0.715. The third-order valence-electron chi connectivity index (χ3n) is 2.28. The second kappa shape index (κ2) is 5.16. The summed E-state index contributed by atoms with van der Waals surface area (Å²) in [4.78, 5) is 11.4. The van der Waals surface area contributed by atoms with Gasteiger partial charge >= 0.3 is 0 Å². The molecule has 0 saturated carbocycles. The molecule has 1 amide bonds. The molecule has 2 N–H and O–H groups in total. The number of furan rings is 1. The second-order valence-corrected chi connectivity index (χ2v) is 4.63. The average molecular weight is 225 g/mol. The smallest absolute Gasteiger partial charge is 0.220 e. The SMILES string of the molecule is CC(C)CC(=O)NCC(C)(O)c1ccco1. The van der Waals surface area contributed by atoms with Crippen LogP contribution < -0.4 is 5.32 Å². The molecule has 0 saturated heterocycles. The fourth-order valence-electron chi connectivity index (χ4n) is 1.39. The molecule has 1 heterocycles. The summed E-state index contributed by atoms with van der Waals surface area (Å²) in [6.45, 7) is 5.72. The molecule has 90 valence electrons. The van der Waals surface area contributed by atoms with Crippen LogP contribution in [0.4, 0.5) is 0 Å². The highest BCUT2D eigenvalue weighted by Crippen LogP contribution is 2.19. The molecule has 1 aromatic rings. The zero-order valence-electron chi connectivity index (χ0n) is 9.99. The van der Waals surface area contributed by atoms with E-state index in [2.05, 4.69) is 5.32 Å². The quantitative estimate of drug-likeness (QED) is 0.801. The number of amides is 1. The molecule has 0 fully saturated rings. The van der Waals surface area contributed by atoms with Crippen LogP contribution in [0.3, 0.4) is 0 Å². The van der Waals surface area contributed by atoms with E-state index in [0.717, 1.165) is 0 Å². The van der Waals surface area contributed by atoms with Crippen molar-refractivity contribution < 1.29 is 14.3 Å². The van der Waals surface area contributed by atoms with Crippen molar-refractivity contribution in [3.05, 3.63) is 24.2 Å². The van der Waals surface area contributed by atoms with Gasteiger partial charge < -0.3 is 14.8 Å². The third-order valence-corrected chi connectivity index (χ3v) is 2.28. The van der Waals surface area contributed by atoms with Crippen molar-refractivity contribution in [2.24, 2.45) is 5.92 Å². The first-order valence-electron chi connectivity index (χ1n) is 5.45. The van der Waals surface area contributed by atoms with Gasteiger partial charge in [0.2, 0.25) is 5.91 Å². The fourth-order valence-corrected chi connectivity index (χ4v) is 1.39. The van der Waals surface area contributed by atoms with Crippen molar-refractivity contribution in [2.75, 3.05) is 6.54 Å². The van der Waals surface area contributed by atoms with Gasteiger partial charge in [0.05, 0.1) is 12.8 Å². The van der Waals surface area contributed by atoms with E-state index >= 15 is 0 Å². The molecule has 0 aliphatic rings. The van der Waals surface area contributed by atoms with Crippen LogP contribution in [0.5, 0.6) is 0 Å². The summed E-state index contributed by atoms with van der Waals surface area (Å²) in [6, 6.07) is 3.40. The molecule has 0 bridgehead atoms. The van der Waals surface area contributed by atoms with E-state index in [-0.39, 0.29) is 12.5 Å². The second-order valence-electron chi connectivity index (χ2n) is 4.63. The predicted molar refractivity (Wildman–Crippen MR) is 60.7 cm³/mol. The number of hydrogen-bond donors (Lipinski definition) is 2. The molecule has 16 heavy (non-hydrogen) atoms. The van der Waals surface area contributed by atoms with Gasteiger partial charge in [-0.3, -0.25) is 4.79 Å². The van der Waals surface area contributed by atoms with Gasteiger partial charge in [-0.2, -0.15) is 0 Å². The van der Waals surface area contributed by atoms with Crippen LogP contribution >= 0.6 is 0 Å². The molecular weight excluding hydrogens is 206 g/mol. The average Bonchev–Trinajstić information content (AvgIpc) is 2.67. The van der Waals surface area contributed by atoms with Gasteiger partial charge in [0.15, 0.2) is 0 Å². The Morgan fingerprint density at radius 3 is 2.81 bits per heavy atom. The van der Waals surface area contributed by atoms with Gasteiger partial charge in [0.1, 0.15) is 11.4 Å². The summed E-state index contributed by atoms with van der Waals surface area (Å²) in [7, 11) is 0. The number of nitrogens with one attached hydrogen (secondary N) is 1. The first-order valence-corrected chi connectivity index (χ1v) is 5.45. The van der Waals surface area contributed by atoms with Gasteiger partial charge in [-0.1, -0.05) is 13.8 Å². The summed E-state index contributed by atoms with van der Waals surface area (Å²) in [5, 5.41) is 12.7. The zero-order chi connectivity index (χ0) is 12.2. The van der Waals surface area contributed by atoms with E-state index in [9.17, 15) is 9.90 Å². The fraction of sp³-hybridized carbons (Fsp3) is 0.583. The predicted octanol–water partition coefficient (Wildman–Crippen LogP) is 1.65. The monoisotopic (exact) mass is 225 g/mol. The van der Waals surface area contributed by atoms with E-state index in [4.69, 9.17) is 4.42 Å². The van der Waals surface area contributed by atoms with Gasteiger partial charge in [0.25, 0.3) is 0 Å². The molecule has 4 heteroatoms. The normalized spacial score (nSPS) is 14.8. The number of carbonyl (C=O) groups is 1. The summed E-state index contributed by atoms with van der Waals surface area (Å²) < 4.78 is 5.11. The lowest BCUT2D eigenvalue weighted by atomic mass is 10.0. The maximum absolute atomic E-state index is 11.4. The van der Waals surface area contributed by atoms with Crippen molar-refractivity contribution >= 4 is 5.91 Å². The third kappa shape index (κ3) is 3.70. The van der Waals surface area contributed by atoms with Gasteiger partial charge in [0, 0.05) is 6.42 Å². The summed E-state index contributed by atoms with van der Waals surface area (Å²) in [5.41, 5.74) is -1.16. The Morgan fingerprint density at radius 1 is 1.62 bits per heavy atom. The number of carbonyl (C=O) groups excluding carboxylic acids is 1. The first-order chi connectivity index (χ1) is 7.42. The molecule has 4 nitrogen and oxygen atoms in total. The lowest BCUT2D eigenvalue weighted by molar-refractivity contribution is -0.123. The molecule has 1 aromatic heterocycles. The maximum Gasteiger partial charge on any atom is 0.220 e. The van der Waals surface area contributed by atoms with Gasteiger partial charge in [-0.25, -0.2) is 0 Å². The highest BCUT2D eigenvalue weighted by Gasteiger charge is 2.26. The van der Waals surface area contributed by atoms with Crippen LogP contribution in [0.2, 0.25) is 0 Å². The topological polar surface area (TPSA) is 62.5 Å². The largest absolute Gasteiger partial charge is 0.466 e. The molecule has 0 aromatic carbocycles. The summed E-state index contributed by atoms with van der Waals surface area (Å²) >= 11 is 0. The van der Waals surface area contributed by atoms with Crippen molar-refractivity contribution in [1.29, 1.82) is 0 Å². The molecule has 0 aliphatic carbocycles. The molecular formula is C12H19NO3. The number of hydrogen-bond acceptors (Lipinski definition) is 3. The van der Waals surface area contributed by atoms with E-state index in [0.29, 0.717) is 18.1 Å². The maximum atomic E-state index is 11.4. The van der Waals surface area contributed by atoms with Gasteiger partial charge in [-0.15, -0.1) is 0 Å². The Morgan fingerprint density at radius 2 is 2.31 bits per heavy atom. The van der Waals surface area contributed by atoms with E-state index in [1.54, 1.807) is 19.1 Å². The zero-order valence-corrected chi connectivity index (χ0v) is 9.99. The Hall–Kier alpha value is -1.29. The molecule has 0 radical (unpaired) electrons. The van der Waals surface area contributed by atoms with Crippen molar-refractivity contribution in [2.45, 2.75) is 32.8 Å². The summed E-state index contributed by atoms with van der Waals surface area (Å²) in [6.07, 6.45) is 1.97. The standard InChI is InChI=1S/C12H19NO3/c1-9(2)7-11(14)13-8-12(3,15)10-5-4-6-16-10/h4-6,9,15H,7-8H2,1-3H3,(H,13,14). The first kappa shape index (κ1) is 12.8. The van der Waals surface area contributed by atoms with Crippen LogP contribution in [0.25, 0.3) is 0 Å². The number of rotatable bonds is 5. The van der Waals surface area contributed by atoms with E-state index in [1.165, 1.54) is 6.26 Å². The van der Waals surface area contributed by atoms with Crippen molar-refractivity contribution in [3.63, 3.8) is 0 Å². The Balaban J connectivity index is 2.45. The van der Waals surface area contributed by atoms with E-state index in [1.807, 2.05) is 13.8 Å². The van der Waals surface area contributed by atoms with Crippen LogP contribution in [-0.2, 0) is 10.4 Å². The highest BCUT2D eigenvalue weighted by atomic mass is 16.4. The Bertz CT molecular complexity index is 328. The van der Waals surface area contributed by atoms with Crippen molar-refractivity contribution in [3.8, 4) is 0 Å². The minimum Gasteiger partial charge on any atom is -0.466 e. The van der Waals surface area contributed by atoms with Crippen molar-refractivity contribution in [1.82, 2.24) is 5.32 Å². The van der Waals surface area contributed by atoms with Crippen LogP contribution in [0.1, 0.15) is 33.0 Å². The molecule has 1 rings (SSSR count). The Kier molecular flexibility index (Phi) is 4.12. The molecule has 0 aliphatic heterocycles. The minimum absolute atomic E-state index is 0.0539. The number of aliphatic hydroxyl groups is 1. The minimum atomic E-state index is -1.16. The van der Waals surface area contributed by atoms with Crippen LogP contribution in [0, 0.1) is 5.92 Å².